The second kappa shape index (κ2) is 15.1. The van der Waals surface area contributed by atoms with Gasteiger partial charge in [0.25, 0.3) is 0 Å². The van der Waals surface area contributed by atoms with Crippen molar-refractivity contribution in [2.75, 3.05) is 6.54 Å². The molecule has 0 spiro atoms. The maximum atomic E-state index is 12.6. The van der Waals surface area contributed by atoms with Crippen LogP contribution in [0.1, 0.15) is 72.8 Å². The minimum absolute atomic E-state index is 0.0671. The first-order chi connectivity index (χ1) is 16.5. The van der Waals surface area contributed by atoms with Crippen LogP contribution in [0.5, 0.6) is 11.5 Å². The van der Waals surface area contributed by atoms with Crippen LogP contribution >= 0.6 is 0 Å². The van der Waals surface area contributed by atoms with E-state index in [1.165, 1.54) is 19.1 Å². The standard InChI is InChI=1S/C26H39NO8/c1-7-9-16(3)25(31)34-22-12-11-20(14-23(22)35-26(32)17(4)10-8-2)13-21(24(29)30)27-15-18(5)33-19(6)28/h11-12,14,16-18,21,27H,7-10,13,15H2,1-6H3,(H,29,30)/t16?,17?,18?,21-/m0/s1. The summed E-state index contributed by atoms with van der Waals surface area (Å²) in [6.45, 7) is 10.6. The maximum Gasteiger partial charge on any atom is 0.321 e. The molecule has 9 heteroatoms. The second-order valence-corrected chi connectivity index (χ2v) is 8.93. The van der Waals surface area contributed by atoms with Gasteiger partial charge < -0.3 is 24.6 Å². The molecule has 0 saturated heterocycles. The zero-order valence-corrected chi connectivity index (χ0v) is 21.6. The molecule has 4 atom stereocenters. The highest BCUT2D eigenvalue weighted by Gasteiger charge is 2.23. The molecule has 2 N–H and O–H groups in total. The summed E-state index contributed by atoms with van der Waals surface area (Å²) in [6, 6.07) is 3.69. The Morgan fingerprint density at radius 2 is 1.46 bits per heavy atom. The van der Waals surface area contributed by atoms with Crippen molar-refractivity contribution in [1.82, 2.24) is 5.32 Å². The number of carboxylic acids is 1. The molecule has 0 amide bonds. The number of aliphatic carboxylic acids is 1. The summed E-state index contributed by atoms with van der Waals surface area (Å²) in [7, 11) is 0. The van der Waals surface area contributed by atoms with E-state index in [9.17, 15) is 24.3 Å². The summed E-state index contributed by atoms with van der Waals surface area (Å²) in [6.07, 6.45) is 2.51. The molecule has 0 aliphatic rings. The van der Waals surface area contributed by atoms with Crippen molar-refractivity contribution in [2.24, 2.45) is 11.8 Å². The number of hydrogen-bond donors (Lipinski definition) is 2. The number of carbonyl (C=O) groups excluding carboxylic acids is 3. The molecular formula is C26H39NO8. The minimum Gasteiger partial charge on any atom is -0.480 e. The predicted molar refractivity (Wildman–Crippen MR) is 130 cm³/mol. The van der Waals surface area contributed by atoms with E-state index in [0.717, 1.165) is 12.8 Å². The highest BCUT2D eigenvalue weighted by Crippen LogP contribution is 2.31. The second-order valence-electron chi connectivity index (χ2n) is 8.93. The zero-order chi connectivity index (χ0) is 26.5. The fourth-order valence-corrected chi connectivity index (χ4v) is 3.48. The minimum atomic E-state index is -1.08. The molecule has 0 fully saturated rings. The van der Waals surface area contributed by atoms with E-state index in [2.05, 4.69) is 5.32 Å². The number of ether oxygens (including phenoxy) is 3. The van der Waals surface area contributed by atoms with Crippen molar-refractivity contribution in [3.63, 3.8) is 0 Å². The third-order valence-electron chi connectivity index (χ3n) is 5.43. The van der Waals surface area contributed by atoms with Gasteiger partial charge in [0.15, 0.2) is 11.5 Å². The number of rotatable bonds is 15. The summed E-state index contributed by atoms with van der Waals surface area (Å²) in [5, 5.41) is 12.5. The highest BCUT2D eigenvalue weighted by molar-refractivity contribution is 5.78. The average Bonchev–Trinajstić information content (AvgIpc) is 2.77. The van der Waals surface area contributed by atoms with E-state index >= 15 is 0 Å². The summed E-state index contributed by atoms with van der Waals surface area (Å²) >= 11 is 0. The quantitative estimate of drug-likeness (QED) is 0.276. The Hall–Kier alpha value is -2.94. The Morgan fingerprint density at radius 3 is 1.94 bits per heavy atom. The lowest BCUT2D eigenvalue weighted by Crippen LogP contribution is -2.42. The first-order valence-corrected chi connectivity index (χ1v) is 12.2. The SMILES string of the molecule is CCCC(C)C(=O)Oc1ccc(C[C@H](NCC(C)OC(C)=O)C(=O)O)cc1OC(=O)C(C)CCC. The molecule has 1 aromatic carbocycles. The predicted octanol–water partition coefficient (Wildman–Crippen LogP) is 3.91. The van der Waals surface area contributed by atoms with Crippen molar-refractivity contribution < 1.29 is 38.5 Å². The number of esters is 3. The molecule has 35 heavy (non-hydrogen) atoms. The molecule has 196 valence electrons. The van der Waals surface area contributed by atoms with E-state index in [0.29, 0.717) is 18.4 Å². The van der Waals surface area contributed by atoms with Gasteiger partial charge in [-0.1, -0.05) is 46.6 Å². The van der Waals surface area contributed by atoms with Gasteiger partial charge in [-0.15, -0.1) is 0 Å². The fourth-order valence-electron chi connectivity index (χ4n) is 3.48. The van der Waals surface area contributed by atoms with Crippen LogP contribution in [0.3, 0.4) is 0 Å². The van der Waals surface area contributed by atoms with Crippen LogP contribution < -0.4 is 14.8 Å². The fraction of sp³-hybridized carbons (Fsp3) is 0.615. The van der Waals surface area contributed by atoms with E-state index in [1.54, 1.807) is 26.8 Å². The summed E-state index contributed by atoms with van der Waals surface area (Å²) in [5.74, 6) is -2.89. The number of carbonyl (C=O) groups is 4. The van der Waals surface area contributed by atoms with E-state index in [4.69, 9.17) is 14.2 Å². The normalized spacial score (nSPS) is 14.3. The van der Waals surface area contributed by atoms with Gasteiger partial charge in [0.05, 0.1) is 11.8 Å². The third-order valence-corrected chi connectivity index (χ3v) is 5.43. The van der Waals surface area contributed by atoms with Crippen LogP contribution in [-0.4, -0.2) is 47.7 Å². The van der Waals surface area contributed by atoms with Crippen molar-refractivity contribution in [1.29, 1.82) is 0 Å². The van der Waals surface area contributed by atoms with Gasteiger partial charge in [0.1, 0.15) is 12.1 Å². The molecule has 3 unspecified atom stereocenters. The van der Waals surface area contributed by atoms with Crippen molar-refractivity contribution in [2.45, 2.75) is 85.8 Å². The van der Waals surface area contributed by atoms with Crippen LogP contribution in [0, 0.1) is 11.8 Å². The van der Waals surface area contributed by atoms with Gasteiger partial charge in [-0.3, -0.25) is 19.2 Å². The summed E-state index contributed by atoms with van der Waals surface area (Å²) < 4.78 is 16.1. The topological polar surface area (TPSA) is 128 Å². The third kappa shape index (κ3) is 10.9. The zero-order valence-electron chi connectivity index (χ0n) is 21.6. The van der Waals surface area contributed by atoms with Gasteiger partial charge in [0.2, 0.25) is 0 Å². The molecule has 0 heterocycles. The lowest BCUT2D eigenvalue weighted by atomic mass is 10.0. The van der Waals surface area contributed by atoms with E-state index in [1.807, 2.05) is 13.8 Å². The van der Waals surface area contributed by atoms with Crippen molar-refractivity contribution in [3.8, 4) is 11.5 Å². The van der Waals surface area contributed by atoms with Gasteiger partial charge in [-0.05, 0) is 43.9 Å². The molecular weight excluding hydrogens is 454 g/mol. The lowest BCUT2D eigenvalue weighted by Gasteiger charge is -2.19. The molecule has 0 aliphatic heterocycles. The van der Waals surface area contributed by atoms with Gasteiger partial charge in [0, 0.05) is 13.5 Å². The highest BCUT2D eigenvalue weighted by atomic mass is 16.6. The number of nitrogens with one attached hydrogen (secondary N) is 1. The van der Waals surface area contributed by atoms with Crippen molar-refractivity contribution >= 4 is 23.9 Å². The molecule has 1 rings (SSSR count). The molecule has 1 aromatic rings. The molecule has 9 nitrogen and oxygen atoms in total. The van der Waals surface area contributed by atoms with Crippen LogP contribution in [0.2, 0.25) is 0 Å². The van der Waals surface area contributed by atoms with Crippen molar-refractivity contribution in [3.05, 3.63) is 23.8 Å². The van der Waals surface area contributed by atoms with Crippen LogP contribution in [0.25, 0.3) is 0 Å². The Bertz CT molecular complexity index is 869. The molecule has 0 saturated carbocycles. The Labute approximate surface area is 207 Å². The lowest BCUT2D eigenvalue weighted by molar-refractivity contribution is -0.145. The monoisotopic (exact) mass is 493 g/mol. The average molecular weight is 494 g/mol. The summed E-state index contributed by atoms with van der Waals surface area (Å²) in [5.41, 5.74) is 0.567. The molecule has 0 radical (unpaired) electrons. The largest absolute Gasteiger partial charge is 0.480 e. The van der Waals surface area contributed by atoms with E-state index < -0.39 is 36.0 Å². The first kappa shape index (κ1) is 30.1. The Morgan fingerprint density at radius 1 is 0.914 bits per heavy atom. The summed E-state index contributed by atoms with van der Waals surface area (Å²) in [4.78, 5) is 47.9. The van der Waals surface area contributed by atoms with Gasteiger partial charge in [-0.2, -0.15) is 0 Å². The first-order valence-electron chi connectivity index (χ1n) is 12.2. The van der Waals surface area contributed by atoms with Crippen LogP contribution in [0.4, 0.5) is 0 Å². The number of hydrogen-bond acceptors (Lipinski definition) is 8. The molecule has 0 aliphatic carbocycles. The smallest absolute Gasteiger partial charge is 0.321 e. The molecule has 0 bridgehead atoms. The van der Waals surface area contributed by atoms with E-state index in [-0.39, 0.29) is 36.3 Å². The van der Waals surface area contributed by atoms with Crippen LogP contribution in [-0.2, 0) is 30.3 Å². The number of carboxylic acid groups (broad SMARTS) is 1. The van der Waals surface area contributed by atoms with Gasteiger partial charge >= 0.3 is 23.9 Å². The van der Waals surface area contributed by atoms with Crippen LogP contribution in [0.15, 0.2) is 18.2 Å². The Kier molecular flexibility index (Phi) is 13.0. The number of benzene rings is 1. The maximum absolute atomic E-state index is 12.6. The Balaban J connectivity index is 3.12. The van der Waals surface area contributed by atoms with Gasteiger partial charge in [-0.25, -0.2) is 0 Å². The molecule has 0 aromatic heterocycles.